The number of hydrogen-bond acceptors (Lipinski definition) is 2. The number of hydrogen-bond donors (Lipinski definition) is 2. The summed E-state index contributed by atoms with van der Waals surface area (Å²) in [7, 11) is 0. The van der Waals surface area contributed by atoms with Crippen LogP contribution in [0.25, 0.3) is 0 Å². The van der Waals surface area contributed by atoms with Gasteiger partial charge in [-0.05, 0) is 31.0 Å². The summed E-state index contributed by atoms with van der Waals surface area (Å²) >= 11 is 0. The molecule has 0 radical (unpaired) electrons. The van der Waals surface area contributed by atoms with Crippen LogP contribution in [0.15, 0.2) is 24.3 Å². The lowest BCUT2D eigenvalue weighted by Crippen LogP contribution is -2.32. The van der Waals surface area contributed by atoms with Crippen molar-refractivity contribution in [3.63, 3.8) is 0 Å². The van der Waals surface area contributed by atoms with Crippen molar-refractivity contribution < 1.29 is 4.79 Å². The Hall–Kier alpha value is -1.35. The van der Waals surface area contributed by atoms with Crippen molar-refractivity contribution in [2.75, 3.05) is 0 Å². The molecule has 0 heterocycles. The fourth-order valence-corrected chi connectivity index (χ4v) is 1.87. The molecule has 3 nitrogen and oxygen atoms in total. The number of unbranched alkanes of at least 4 members (excludes halogenated alkanes) is 2. The van der Waals surface area contributed by atoms with Crippen LogP contribution in [-0.4, -0.2) is 11.9 Å². The molecule has 1 rings (SSSR count). The summed E-state index contributed by atoms with van der Waals surface area (Å²) in [5.41, 5.74) is 7.27. The third-order valence-electron chi connectivity index (χ3n) is 3.07. The Morgan fingerprint density at radius 3 is 2.50 bits per heavy atom. The molecule has 0 saturated heterocycles. The van der Waals surface area contributed by atoms with Crippen molar-refractivity contribution in [2.24, 2.45) is 5.73 Å². The molecule has 1 amide bonds. The van der Waals surface area contributed by atoms with E-state index in [2.05, 4.69) is 19.2 Å². The molecule has 0 aliphatic carbocycles. The lowest BCUT2D eigenvalue weighted by atomic mass is 10.1. The van der Waals surface area contributed by atoms with E-state index >= 15 is 0 Å². The summed E-state index contributed by atoms with van der Waals surface area (Å²) in [5, 5.41) is 3.02. The molecule has 0 spiro atoms. The largest absolute Gasteiger partial charge is 0.350 e. The van der Waals surface area contributed by atoms with Gasteiger partial charge in [-0.2, -0.15) is 0 Å². The van der Waals surface area contributed by atoms with Crippen LogP contribution < -0.4 is 11.1 Å². The first-order valence-electron chi connectivity index (χ1n) is 6.77. The predicted octanol–water partition coefficient (Wildman–Crippen LogP) is 2.84. The summed E-state index contributed by atoms with van der Waals surface area (Å²) in [6, 6.07) is 7.69. The Morgan fingerprint density at radius 2 is 1.94 bits per heavy atom. The molecular weight excluding hydrogens is 224 g/mol. The molecule has 3 heteroatoms. The molecule has 0 fully saturated rings. The molecule has 0 aliphatic rings. The molecule has 1 unspecified atom stereocenters. The van der Waals surface area contributed by atoms with Crippen molar-refractivity contribution in [1.29, 1.82) is 0 Å². The number of benzene rings is 1. The second-order valence-electron chi connectivity index (χ2n) is 4.77. The summed E-state index contributed by atoms with van der Waals surface area (Å²) < 4.78 is 0. The summed E-state index contributed by atoms with van der Waals surface area (Å²) in [4.78, 5) is 11.9. The Labute approximate surface area is 110 Å². The lowest BCUT2D eigenvalue weighted by Gasteiger charge is -2.13. The number of nitrogens with one attached hydrogen (secondary N) is 1. The maximum atomic E-state index is 11.9. The van der Waals surface area contributed by atoms with E-state index in [4.69, 9.17) is 5.73 Å². The molecule has 0 saturated carbocycles. The minimum absolute atomic E-state index is 0.00238. The van der Waals surface area contributed by atoms with Gasteiger partial charge in [0, 0.05) is 18.2 Å². The van der Waals surface area contributed by atoms with E-state index in [1.807, 2.05) is 24.3 Å². The highest BCUT2D eigenvalue weighted by Gasteiger charge is 2.09. The molecule has 0 bridgehead atoms. The zero-order chi connectivity index (χ0) is 13.4. The van der Waals surface area contributed by atoms with E-state index in [1.165, 1.54) is 19.3 Å². The zero-order valence-electron chi connectivity index (χ0n) is 11.4. The van der Waals surface area contributed by atoms with Gasteiger partial charge in [-0.25, -0.2) is 0 Å². The predicted molar refractivity (Wildman–Crippen MR) is 75.4 cm³/mol. The van der Waals surface area contributed by atoms with Crippen molar-refractivity contribution in [3.05, 3.63) is 35.4 Å². The molecule has 1 atom stereocenters. The highest BCUT2D eigenvalue weighted by atomic mass is 16.1. The zero-order valence-corrected chi connectivity index (χ0v) is 11.4. The smallest absolute Gasteiger partial charge is 0.251 e. The van der Waals surface area contributed by atoms with Gasteiger partial charge in [0.05, 0.1) is 0 Å². The number of carbonyl (C=O) groups is 1. The van der Waals surface area contributed by atoms with Gasteiger partial charge >= 0.3 is 0 Å². The normalized spacial score (nSPS) is 12.2. The SMILES string of the molecule is CCCCCC(C)NC(=O)c1ccc(CN)cc1. The lowest BCUT2D eigenvalue weighted by molar-refractivity contribution is 0.0938. The quantitative estimate of drug-likeness (QED) is 0.729. The third-order valence-corrected chi connectivity index (χ3v) is 3.07. The second-order valence-corrected chi connectivity index (χ2v) is 4.77. The average Bonchev–Trinajstić information content (AvgIpc) is 2.39. The number of carbonyl (C=O) groups excluding carboxylic acids is 1. The minimum Gasteiger partial charge on any atom is -0.350 e. The second kappa shape index (κ2) is 7.88. The molecule has 3 N–H and O–H groups in total. The van der Waals surface area contributed by atoms with Gasteiger partial charge in [-0.15, -0.1) is 0 Å². The Morgan fingerprint density at radius 1 is 1.28 bits per heavy atom. The van der Waals surface area contributed by atoms with E-state index in [9.17, 15) is 4.79 Å². The standard InChI is InChI=1S/C15H24N2O/c1-3-4-5-6-12(2)17-15(18)14-9-7-13(11-16)8-10-14/h7-10,12H,3-6,11,16H2,1-2H3,(H,17,18). The Balaban J connectivity index is 2.43. The summed E-state index contributed by atoms with van der Waals surface area (Å²) in [5.74, 6) is 0.00238. The van der Waals surface area contributed by atoms with Gasteiger partial charge in [0.25, 0.3) is 5.91 Å². The monoisotopic (exact) mass is 248 g/mol. The first-order chi connectivity index (χ1) is 8.67. The maximum absolute atomic E-state index is 11.9. The van der Waals surface area contributed by atoms with Crippen LogP contribution in [0.1, 0.15) is 55.5 Å². The van der Waals surface area contributed by atoms with E-state index in [0.29, 0.717) is 12.1 Å². The maximum Gasteiger partial charge on any atom is 0.251 e. The van der Waals surface area contributed by atoms with E-state index in [1.54, 1.807) is 0 Å². The molecule has 18 heavy (non-hydrogen) atoms. The van der Waals surface area contributed by atoms with Gasteiger partial charge in [-0.3, -0.25) is 4.79 Å². The van der Waals surface area contributed by atoms with Crippen molar-refractivity contribution >= 4 is 5.91 Å². The van der Waals surface area contributed by atoms with Gasteiger partial charge in [0.1, 0.15) is 0 Å². The van der Waals surface area contributed by atoms with Crippen LogP contribution in [0.3, 0.4) is 0 Å². The van der Waals surface area contributed by atoms with Crippen LogP contribution in [0.4, 0.5) is 0 Å². The average molecular weight is 248 g/mol. The Bertz CT molecular complexity index is 359. The van der Waals surface area contributed by atoms with Crippen molar-refractivity contribution in [1.82, 2.24) is 5.32 Å². The number of rotatable bonds is 7. The van der Waals surface area contributed by atoms with E-state index in [-0.39, 0.29) is 11.9 Å². The van der Waals surface area contributed by atoms with E-state index < -0.39 is 0 Å². The van der Waals surface area contributed by atoms with E-state index in [0.717, 1.165) is 12.0 Å². The Kier molecular flexibility index (Phi) is 6.44. The molecule has 1 aromatic rings. The van der Waals surface area contributed by atoms with Crippen LogP contribution >= 0.6 is 0 Å². The van der Waals surface area contributed by atoms with Crippen LogP contribution in [0.5, 0.6) is 0 Å². The molecule has 1 aromatic carbocycles. The first kappa shape index (κ1) is 14.7. The van der Waals surface area contributed by atoms with Gasteiger partial charge in [0.2, 0.25) is 0 Å². The molecule has 100 valence electrons. The van der Waals surface area contributed by atoms with Gasteiger partial charge < -0.3 is 11.1 Å². The highest BCUT2D eigenvalue weighted by molar-refractivity contribution is 5.94. The molecule has 0 aliphatic heterocycles. The number of amides is 1. The van der Waals surface area contributed by atoms with Gasteiger partial charge in [0.15, 0.2) is 0 Å². The van der Waals surface area contributed by atoms with Crippen LogP contribution in [-0.2, 0) is 6.54 Å². The van der Waals surface area contributed by atoms with Crippen molar-refractivity contribution in [2.45, 2.75) is 52.1 Å². The molecular formula is C15H24N2O. The minimum atomic E-state index is 0.00238. The highest BCUT2D eigenvalue weighted by Crippen LogP contribution is 2.06. The van der Waals surface area contributed by atoms with Crippen LogP contribution in [0, 0.1) is 0 Å². The third kappa shape index (κ3) is 4.88. The summed E-state index contributed by atoms with van der Waals surface area (Å²) in [6.45, 7) is 4.75. The topological polar surface area (TPSA) is 55.1 Å². The van der Waals surface area contributed by atoms with Crippen LogP contribution in [0.2, 0.25) is 0 Å². The fourth-order valence-electron chi connectivity index (χ4n) is 1.87. The van der Waals surface area contributed by atoms with Gasteiger partial charge in [-0.1, -0.05) is 38.3 Å². The summed E-state index contributed by atoms with van der Waals surface area (Å²) in [6.07, 6.45) is 4.65. The molecule has 0 aromatic heterocycles. The first-order valence-corrected chi connectivity index (χ1v) is 6.77. The van der Waals surface area contributed by atoms with Crippen molar-refractivity contribution in [3.8, 4) is 0 Å². The number of nitrogens with two attached hydrogens (primary N) is 1. The fraction of sp³-hybridized carbons (Fsp3) is 0.533.